The number of rotatable bonds is 9. The second-order valence-electron chi connectivity index (χ2n) is 5.17. The van der Waals surface area contributed by atoms with E-state index in [1.807, 2.05) is 0 Å². The Labute approximate surface area is 101 Å². The van der Waals surface area contributed by atoms with Gasteiger partial charge in [-0.3, -0.25) is 0 Å². The molecule has 2 atom stereocenters. The van der Waals surface area contributed by atoms with Crippen molar-refractivity contribution in [2.45, 2.75) is 59.1 Å². The van der Waals surface area contributed by atoms with Crippen LogP contribution in [0.2, 0.25) is 0 Å². The molecule has 0 aromatic rings. The predicted molar refractivity (Wildman–Crippen MR) is 68.7 cm³/mol. The summed E-state index contributed by atoms with van der Waals surface area (Å²) in [7, 11) is 0. The van der Waals surface area contributed by atoms with Crippen molar-refractivity contribution >= 4 is 0 Å². The van der Waals surface area contributed by atoms with E-state index >= 15 is 0 Å². The van der Waals surface area contributed by atoms with Gasteiger partial charge in [-0.1, -0.05) is 20.8 Å². The van der Waals surface area contributed by atoms with E-state index in [2.05, 4.69) is 39.9 Å². The lowest BCUT2D eigenvalue weighted by molar-refractivity contribution is 0.0284. The van der Waals surface area contributed by atoms with Crippen LogP contribution in [0, 0.1) is 5.92 Å². The van der Waals surface area contributed by atoms with Gasteiger partial charge in [0.1, 0.15) is 0 Å². The van der Waals surface area contributed by atoms with Crippen molar-refractivity contribution in [1.29, 1.82) is 0 Å². The fourth-order valence-corrected chi connectivity index (χ4v) is 1.57. The van der Waals surface area contributed by atoms with E-state index < -0.39 is 0 Å². The Morgan fingerprint density at radius 1 is 1.31 bits per heavy atom. The van der Waals surface area contributed by atoms with Gasteiger partial charge in [0, 0.05) is 12.1 Å². The summed E-state index contributed by atoms with van der Waals surface area (Å²) in [5.41, 5.74) is -0.154. The Hall–Kier alpha value is -0.120. The van der Waals surface area contributed by atoms with Crippen LogP contribution in [0.3, 0.4) is 0 Å². The smallest absolute Gasteiger partial charge is 0.0610 e. The first-order valence-corrected chi connectivity index (χ1v) is 6.42. The number of hydrogen-bond donors (Lipinski definition) is 2. The summed E-state index contributed by atoms with van der Waals surface area (Å²) in [6, 6.07) is 0. The molecule has 3 heteroatoms. The Morgan fingerprint density at radius 2 is 1.94 bits per heavy atom. The number of hydrogen-bond acceptors (Lipinski definition) is 3. The number of nitrogens with one attached hydrogen (secondary N) is 1. The highest BCUT2D eigenvalue weighted by atomic mass is 16.5. The van der Waals surface area contributed by atoms with E-state index in [0.717, 1.165) is 26.0 Å². The van der Waals surface area contributed by atoms with Crippen LogP contribution in [0.4, 0.5) is 0 Å². The molecule has 2 unspecified atom stereocenters. The van der Waals surface area contributed by atoms with Crippen molar-refractivity contribution in [2.24, 2.45) is 5.92 Å². The van der Waals surface area contributed by atoms with Crippen LogP contribution in [-0.4, -0.2) is 36.5 Å². The second-order valence-corrected chi connectivity index (χ2v) is 5.17. The van der Waals surface area contributed by atoms with Gasteiger partial charge >= 0.3 is 0 Å². The molecular weight excluding hydrogens is 202 g/mol. The van der Waals surface area contributed by atoms with Gasteiger partial charge in [-0.15, -0.1) is 0 Å². The Bertz CT molecular complexity index is 173. The largest absolute Gasteiger partial charge is 0.394 e. The molecular formula is C13H29NO2. The van der Waals surface area contributed by atoms with Crippen LogP contribution < -0.4 is 5.32 Å². The van der Waals surface area contributed by atoms with Gasteiger partial charge in [-0.2, -0.15) is 0 Å². The zero-order valence-corrected chi connectivity index (χ0v) is 11.5. The summed E-state index contributed by atoms with van der Waals surface area (Å²) >= 11 is 0. The quantitative estimate of drug-likeness (QED) is 0.598. The first-order valence-electron chi connectivity index (χ1n) is 6.42. The minimum absolute atomic E-state index is 0.154. The highest BCUT2D eigenvalue weighted by molar-refractivity contribution is 4.81. The Morgan fingerprint density at radius 3 is 2.38 bits per heavy atom. The number of ether oxygens (including phenoxy) is 1. The van der Waals surface area contributed by atoms with E-state index in [1.54, 1.807) is 0 Å². The number of aliphatic hydroxyl groups is 1. The maximum absolute atomic E-state index is 9.31. The first-order chi connectivity index (χ1) is 7.45. The number of likely N-dealkylation sites (N-methyl/N-ethyl adjacent to an activating group) is 1. The zero-order valence-electron chi connectivity index (χ0n) is 11.5. The SMILES string of the molecule is CCNC(C)(CO)CCCOC(C)C(C)C. The lowest BCUT2D eigenvalue weighted by Gasteiger charge is -2.28. The van der Waals surface area contributed by atoms with Crippen LogP contribution in [0.15, 0.2) is 0 Å². The Balaban J connectivity index is 3.71. The fourth-order valence-electron chi connectivity index (χ4n) is 1.57. The van der Waals surface area contributed by atoms with Crippen molar-refractivity contribution in [3.8, 4) is 0 Å². The van der Waals surface area contributed by atoms with Crippen LogP contribution in [0.1, 0.15) is 47.5 Å². The summed E-state index contributed by atoms with van der Waals surface area (Å²) in [5.74, 6) is 0.568. The lowest BCUT2D eigenvalue weighted by Crippen LogP contribution is -2.45. The maximum Gasteiger partial charge on any atom is 0.0610 e. The molecule has 0 aromatic heterocycles. The topological polar surface area (TPSA) is 41.5 Å². The van der Waals surface area contributed by atoms with Gasteiger partial charge in [0.2, 0.25) is 0 Å². The van der Waals surface area contributed by atoms with Crippen molar-refractivity contribution in [3.05, 3.63) is 0 Å². The molecule has 0 fully saturated rings. The normalized spacial score (nSPS) is 17.4. The Kier molecular flexibility index (Phi) is 7.98. The van der Waals surface area contributed by atoms with E-state index in [0.29, 0.717) is 12.0 Å². The van der Waals surface area contributed by atoms with Crippen molar-refractivity contribution in [2.75, 3.05) is 19.8 Å². The van der Waals surface area contributed by atoms with E-state index in [9.17, 15) is 5.11 Å². The standard InChI is InChI=1S/C13H29NO2/c1-6-14-13(5,10-15)8-7-9-16-12(4)11(2)3/h11-12,14-15H,6-10H2,1-5H3. The van der Waals surface area contributed by atoms with E-state index in [-0.39, 0.29) is 12.1 Å². The molecule has 0 spiro atoms. The molecule has 98 valence electrons. The molecule has 0 aromatic carbocycles. The van der Waals surface area contributed by atoms with Gasteiger partial charge in [-0.05, 0) is 39.2 Å². The van der Waals surface area contributed by atoms with E-state index in [1.165, 1.54) is 0 Å². The highest BCUT2D eigenvalue weighted by Gasteiger charge is 2.21. The third-order valence-corrected chi connectivity index (χ3v) is 3.14. The van der Waals surface area contributed by atoms with Crippen molar-refractivity contribution in [1.82, 2.24) is 5.32 Å². The molecule has 0 radical (unpaired) electrons. The van der Waals surface area contributed by atoms with Crippen LogP contribution in [0.5, 0.6) is 0 Å². The lowest BCUT2D eigenvalue weighted by atomic mass is 9.97. The second kappa shape index (κ2) is 8.04. The zero-order chi connectivity index (χ0) is 12.6. The summed E-state index contributed by atoms with van der Waals surface area (Å²) < 4.78 is 5.71. The molecule has 0 amide bonds. The van der Waals surface area contributed by atoms with Crippen LogP contribution in [-0.2, 0) is 4.74 Å². The predicted octanol–water partition coefficient (Wildman–Crippen LogP) is 2.19. The van der Waals surface area contributed by atoms with Gasteiger partial charge in [0.15, 0.2) is 0 Å². The third kappa shape index (κ3) is 6.46. The summed E-state index contributed by atoms with van der Waals surface area (Å²) in [6.45, 7) is 12.4. The van der Waals surface area contributed by atoms with Gasteiger partial charge in [-0.25, -0.2) is 0 Å². The van der Waals surface area contributed by atoms with E-state index in [4.69, 9.17) is 4.74 Å². The molecule has 0 saturated heterocycles. The molecule has 0 aliphatic rings. The van der Waals surface area contributed by atoms with Gasteiger partial charge in [0.05, 0.1) is 12.7 Å². The molecule has 0 saturated carbocycles. The van der Waals surface area contributed by atoms with Gasteiger partial charge in [0.25, 0.3) is 0 Å². The average Bonchev–Trinajstić information content (AvgIpc) is 2.24. The average molecular weight is 231 g/mol. The first kappa shape index (κ1) is 15.9. The molecule has 0 rings (SSSR count). The van der Waals surface area contributed by atoms with Crippen LogP contribution >= 0.6 is 0 Å². The molecule has 0 aliphatic carbocycles. The molecule has 16 heavy (non-hydrogen) atoms. The minimum Gasteiger partial charge on any atom is -0.394 e. The van der Waals surface area contributed by atoms with Crippen molar-refractivity contribution in [3.63, 3.8) is 0 Å². The number of aliphatic hydroxyl groups excluding tert-OH is 1. The fraction of sp³-hybridized carbons (Fsp3) is 1.00. The molecule has 0 bridgehead atoms. The monoisotopic (exact) mass is 231 g/mol. The van der Waals surface area contributed by atoms with Gasteiger partial charge < -0.3 is 15.2 Å². The third-order valence-electron chi connectivity index (χ3n) is 3.14. The summed E-state index contributed by atoms with van der Waals surface area (Å²) in [4.78, 5) is 0. The minimum atomic E-state index is -0.154. The molecule has 0 heterocycles. The molecule has 2 N–H and O–H groups in total. The maximum atomic E-state index is 9.31. The molecule has 3 nitrogen and oxygen atoms in total. The summed E-state index contributed by atoms with van der Waals surface area (Å²) in [5, 5.41) is 12.6. The van der Waals surface area contributed by atoms with Crippen LogP contribution in [0.25, 0.3) is 0 Å². The highest BCUT2D eigenvalue weighted by Crippen LogP contribution is 2.13. The summed E-state index contributed by atoms with van der Waals surface area (Å²) in [6.07, 6.45) is 2.25. The molecule has 0 aliphatic heterocycles. The van der Waals surface area contributed by atoms with Crippen molar-refractivity contribution < 1.29 is 9.84 Å².